The van der Waals surface area contributed by atoms with Crippen LogP contribution in [-0.4, -0.2) is 36.6 Å². The second kappa shape index (κ2) is 7.43. The van der Waals surface area contributed by atoms with Gasteiger partial charge in [-0.15, -0.1) is 0 Å². The zero-order valence-electron chi connectivity index (χ0n) is 15.4. The van der Waals surface area contributed by atoms with Crippen LogP contribution in [0.3, 0.4) is 0 Å². The van der Waals surface area contributed by atoms with Gasteiger partial charge in [0.05, 0.1) is 25.0 Å². The van der Waals surface area contributed by atoms with Crippen LogP contribution in [0.2, 0.25) is 5.02 Å². The van der Waals surface area contributed by atoms with Crippen LogP contribution in [0.1, 0.15) is 30.0 Å². The van der Waals surface area contributed by atoms with Gasteiger partial charge in [-0.2, -0.15) is 5.01 Å². The highest BCUT2D eigenvalue weighted by atomic mass is 35.5. The molecule has 1 atom stereocenters. The lowest BCUT2D eigenvalue weighted by molar-refractivity contribution is -0.133. The smallest absolute Gasteiger partial charge is 0.344 e. The summed E-state index contributed by atoms with van der Waals surface area (Å²) in [6, 6.07) is 5.11. The van der Waals surface area contributed by atoms with Gasteiger partial charge in [0.15, 0.2) is 17.0 Å². The lowest BCUT2D eigenvalue weighted by Gasteiger charge is -2.19. The zero-order chi connectivity index (χ0) is 20.5. The number of hydrazine groups is 1. The molecule has 1 aromatic carbocycles. The molecule has 10 heteroatoms. The Kier molecular flexibility index (Phi) is 5.19. The first kappa shape index (κ1) is 19.6. The van der Waals surface area contributed by atoms with E-state index in [4.69, 9.17) is 25.5 Å². The van der Waals surface area contributed by atoms with Gasteiger partial charge in [0.25, 0.3) is 11.8 Å². The normalized spacial score (nSPS) is 18.8. The molecular weight excluding hydrogens is 390 g/mol. The SMILES string of the molecule is CCOc1c(Cl)cc(C(=O)NN2C(=O)N[C@](C)(c3ccco3)C2=O)cc1OC. The Labute approximate surface area is 165 Å². The van der Waals surface area contributed by atoms with E-state index in [1.54, 1.807) is 19.1 Å². The maximum Gasteiger partial charge on any atom is 0.344 e. The number of nitrogens with one attached hydrogen (secondary N) is 2. The molecule has 2 heterocycles. The van der Waals surface area contributed by atoms with Crippen molar-refractivity contribution in [1.29, 1.82) is 0 Å². The molecule has 0 bridgehead atoms. The van der Waals surface area contributed by atoms with E-state index in [-0.39, 0.29) is 22.1 Å². The third-order valence-corrected chi connectivity index (χ3v) is 4.48. The molecule has 3 rings (SSSR count). The average Bonchev–Trinajstić information content (AvgIpc) is 3.27. The molecule has 4 amide bonds. The van der Waals surface area contributed by atoms with E-state index in [0.29, 0.717) is 17.4 Å². The van der Waals surface area contributed by atoms with Crippen LogP contribution in [0.15, 0.2) is 34.9 Å². The van der Waals surface area contributed by atoms with Gasteiger partial charge in [-0.25, -0.2) is 4.79 Å². The molecule has 0 spiro atoms. The van der Waals surface area contributed by atoms with Gasteiger partial charge < -0.3 is 19.2 Å². The standard InChI is InChI=1S/C18H18ClN3O6/c1-4-27-14-11(19)8-10(9-12(14)26-3)15(23)21-22-16(24)18(2,20-17(22)25)13-6-5-7-28-13/h5-9H,4H2,1-3H3,(H,20,25)(H,21,23)/t18-/m1/s1. The highest BCUT2D eigenvalue weighted by Crippen LogP contribution is 2.36. The summed E-state index contributed by atoms with van der Waals surface area (Å²) in [5, 5.41) is 3.26. The van der Waals surface area contributed by atoms with Gasteiger partial charge in [-0.05, 0) is 38.1 Å². The molecule has 1 fully saturated rings. The van der Waals surface area contributed by atoms with E-state index in [2.05, 4.69) is 10.7 Å². The number of carbonyl (C=O) groups excluding carboxylic acids is 3. The van der Waals surface area contributed by atoms with Crippen LogP contribution in [0, 0.1) is 0 Å². The monoisotopic (exact) mass is 407 g/mol. The Morgan fingerprint density at radius 3 is 2.75 bits per heavy atom. The molecule has 148 valence electrons. The summed E-state index contributed by atoms with van der Waals surface area (Å²) in [5.74, 6) is -0.630. The number of hydrogen-bond donors (Lipinski definition) is 2. The molecular formula is C18H18ClN3O6. The maximum absolute atomic E-state index is 12.7. The molecule has 1 aromatic heterocycles. The number of imide groups is 1. The van der Waals surface area contributed by atoms with Gasteiger partial charge >= 0.3 is 6.03 Å². The summed E-state index contributed by atoms with van der Waals surface area (Å²) in [4.78, 5) is 37.6. The van der Waals surface area contributed by atoms with Crippen LogP contribution in [0.25, 0.3) is 0 Å². The second-order valence-corrected chi connectivity index (χ2v) is 6.44. The van der Waals surface area contributed by atoms with Gasteiger partial charge in [0.2, 0.25) is 0 Å². The topological polar surface area (TPSA) is 110 Å². The number of ether oxygens (including phenoxy) is 2. The summed E-state index contributed by atoms with van der Waals surface area (Å²) >= 11 is 6.17. The van der Waals surface area contributed by atoms with Crippen molar-refractivity contribution in [1.82, 2.24) is 15.8 Å². The first-order chi connectivity index (χ1) is 13.3. The summed E-state index contributed by atoms with van der Waals surface area (Å²) < 4.78 is 15.8. The third kappa shape index (κ3) is 3.24. The first-order valence-corrected chi connectivity index (χ1v) is 8.71. The van der Waals surface area contributed by atoms with E-state index in [9.17, 15) is 14.4 Å². The van der Waals surface area contributed by atoms with Crippen LogP contribution >= 0.6 is 11.6 Å². The van der Waals surface area contributed by atoms with Crippen LogP contribution in [-0.2, 0) is 10.3 Å². The summed E-state index contributed by atoms with van der Waals surface area (Å²) in [5.41, 5.74) is 0.930. The molecule has 2 N–H and O–H groups in total. The highest BCUT2D eigenvalue weighted by molar-refractivity contribution is 6.32. The molecule has 0 aliphatic carbocycles. The van der Waals surface area contributed by atoms with Crippen LogP contribution < -0.4 is 20.2 Å². The van der Waals surface area contributed by atoms with Crippen molar-refractivity contribution < 1.29 is 28.3 Å². The number of methoxy groups -OCH3 is 1. The van der Waals surface area contributed by atoms with Crippen molar-refractivity contribution in [2.24, 2.45) is 0 Å². The summed E-state index contributed by atoms with van der Waals surface area (Å²) in [6.07, 6.45) is 1.38. The maximum atomic E-state index is 12.7. The number of carbonyl (C=O) groups is 3. The molecule has 1 aliphatic rings. The van der Waals surface area contributed by atoms with Crippen molar-refractivity contribution in [2.45, 2.75) is 19.4 Å². The minimum Gasteiger partial charge on any atom is -0.493 e. The van der Waals surface area contributed by atoms with E-state index < -0.39 is 23.4 Å². The number of benzene rings is 1. The lowest BCUT2D eigenvalue weighted by Crippen LogP contribution is -2.47. The molecule has 2 aromatic rings. The molecule has 0 saturated carbocycles. The molecule has 9 nitrogen and oxygen atoms in total. The average molecular weight is 408 g/mol. The predicted molar refractivity (Wildman–Crippen MR) is 98.1 cm³/mol. The number of nitrogens with zero attached hydrogens (tertiary/aromatic N) is 1. The quantitative estimate of drug-likeness (QED) is 0.712. The van der Waals surface area contributed by atoms with Gasteiger partial charge in [0.1, 0.15) is 5.76 Å². The number of urea groups is 1. The van der Waals surface area contributed by atoms with Gasteiger partial charge in [0, 0.05) is 5.56 Å². The van der Waals surface area contributed by atoms with E-state index in [1.807, 2.05) is 0 Å². The summed E-state index contributed by atoms with van der Waals surface area (Å²) in [6.45, 7) is 3.62. The van der Waals surface area contributed by atoms with Crippen molar-refractivity contribution >= 4 is 29.4 Å². The molecule has 0 unspecified atom stereocenters. The highest BCUT2D eigenvalue weighted by Gasteiger charge is 2.52. The Bertz CT molecular complexity index is 930. The number of halogens is 1. The molecule has 28 heavy (non-hydrogen) atoms. The van der Waals surface area contributed by atoms with Crippen LogP contribution in [0.5, 0.6) is 11.5 Å². The van der Waals surface area contributed by atoms with Crippen molar-refractivity contribution in [2.75, 3.05) is 13.7 Å². The third-order valence-electron chi connectivity index (χ3n) is 4.20. The van der Waals surface area contributed by atoms with Crippen molar-refractivity contribution in [3.8, 4) is 11.5 Å². The van der Waals surface area contributed by atoms with Gasteiger partial charge in [-0.1, -0.05) is 11.6 Å². The first-order valence-electron chi connectivity index (χ1n) is 8.33. The van der Waals surface area contributed by atoms with Crippen molar-refractivity contribution in [3.05, 3.63) is 46.9 Å². The number of furan rings is 1. The minimum absolute atomic E-state index is 0.0810. The minimum atomic E-state index is -1.43. The Morgan fingerprint density at radius 1 is 1.39 bits per heavy atom. The fourth-order valence-corrected chi connectivity index (χ4v) is 3.04. The molecule has 0 radical (unpaired) electrons. The number of rotatable bonds is 6. The fraction of sp³-hybridized carbons (Fsp3) is 0.278. The predicted octanol–water partition coefficient (Wildman–Crippen LogP) is 2.45. The number of amides is 4. The second-order valence-electron chi connectivity index (χ2n) is 6.04. The van der Waals surface area contributed by atoms with Crippen LogP contribution in [0.4, 0.5) is 4.79 Å². The van der Waals surface area contributed by atoms with E-state index in [1.165, 1.54) is 32.4 Å². The van der Waals surface area contributed by atoms with E-state index in [0.717, 1.165) is 0 Å². The number of hydrogen-bond acceptors (Lipinski definition) is 6. The Hall–Kier alpha value is -3.20. The van der Waals surface area contributed by atoms with Crippen molar-refractivity contribution in [3.63, 3.8) is 0 Å². The molecule has 1 aliphatic heterocycles. The zero-order valence-corrected chi connectivity index (χ0v) is 16.1. The van der Waals surface area contributed by atoms with Gasteiger partial charge in [-0.3, -0.25) is 15.0 Å². The largest absolute Gasteiger partial charge is 0.493 e. The Morgan fingerprint density at radius 2 is 2.14 bits per heavy atom. The molecule has 1 saturated heterocycles. The Balaban J connectivity index is 1.84. The fourth-order valence-electron chi connectivity index (χ4n) is 2.77. The summed E-state index contributed by atoms with van der Waals surface area (Å²) in [7, 11) is 1.40. The van der Waals surface area contributed by atoms with E-state index >= 15 is 0 Å². The lowest BCUT2D eigenvalue weighted by atomic mass is 10.00.